The van der Waals surface area contributed by atoms with Crippen LogP contribution in [-0.4, -0.2) is 6.54 Å². The highest BCUT2D eigenvalue weighted by atomic mass is 79.9. The van der Waals surface area contributed by atoms with Crippen molar-refractivity contribution in [2.24, 2.45) is 0 Å². The Labute approximate surface area is 132 Å². The van der Waals surface area contributed by atoms with E-state index in [-0.39, 0.29) is 11.9 Å². The largest absolute Gasteiger partial charge is 0.306 e. The number of halogens is 3. The molecular weight excluding hydrogens is 341 g/mol. The normalized spacial score (nSPS) is 12.4. The molecule has 1 N–H and O–H groups in total. The maximum Gasteiger partial charge on any atom is 0.128 e. The van der Waals surface area contributed by atoms with Crippen LogP contribution in [0, 0.1) is 12.7 Å². The lowest BCUT2D eigenvalue weighted by Crippen LogP contribution is -2.23. The molecule has 1 unspecified atom stereocenters. The fourth-order valence-corrected chi connectivity index (χ4v) is 2.84. The first-order valence-corrected chi connectivity index (χ1v) is 7.65. The summed E-state index contributed by atoms with van der Waals surface area (Å²) in [6.45, 7) is 4.67. The summed E-state index contributed by atoms with van der Waals surface area (Å²) >= 11 is 9.77. The predicted molar refractivity (Wildman–Crippen MR) is 85.8 cm³/mol. The zero-order valence-corrected chi connectivity index (χ0v) is 13.7. The van der Waals surface area contributed by atoms with Crippen molar-refractivity contribution in [2.75, 3.05) is 6.54 Å². The first-order valence-electron chi connectivity index (χ1n) is 6.48. The third-order valence-corrected chi connectivity index (χ3v) is 4.47. The Morgan fingerprint density at radius 1 is 1.25 bits per heavy atom. The fourth-order valence-electron chi connectivity index (χ4n) is 2.22. The number of rotatable bonds is 4. The molecule has 0 saturated carbocycles. The molecule has 0 amide bonds. The number of nitrogens with one attached hydrogen (secondary N) is 1. The molecule has 0 spiro atoms. The van der Waals surface area contributed by atoms with E-state index in [0.717, 1.165) is 22.1 Å². The second-order valence-corrected chi connectivity index (χ2v) is 5.89. The van der Waals surface area contributed by atoms with E-state index in [2.05, 4.69) is 21.2 Å². The minimum atomic E-state index is -0.259. The fraction of sp³-hybridized carbons (Fsp3) is 0.250. The SMILES string of the molecule is CCNC(c1cc(C)ccc1F)c1cccc(Br)c1Cl. The number of hydrogen-bond acceptors (Lipinski definition) is 1. The summed E-state index contributed by atoms with van der Waals surface area (Å²) < 4.78 is 15.0. The van der Waals surface area contributed by atoms with Gasteiger partial charge >= 0.3 is 0 Å². The van der Waals surface area contributed by atoms with Gasteiger partial charge in [0.15, 0.2) is 0 Å². The van der Waals surface area contributed by atoms with Gasteiger partial charge in [0.25, 0.3) is 0 Å². The first kappa shape index (κ1) is 15.5. The minimum absolute atomic E-state index is 0.224. The molecule has 0 radical (unpaired) electrons. The molecule has 0 heterocycles. The molecule has 0 aliphatic rings. The van der Waals surface area contributed by atoms with Crippen LogP contribution in [0.3, 0.4) is 0 Å². The van der Waals surface area contributed by atoms with Crippen LogP contribution in [0.15, 0.2) is 40.9 Å². The summed E-state index contributed by atoms with van der Waals surface area (Å²) in [5, 5.41) is 3.92. The maximum absolute atomic E-state index is 14.2. The predicted octanol–water partition coefficient (Wildman–Crippen LogP) is 5.25. The van der Waals surface area contributed by atoms with Gasteiger partial charge < -0.3 is 5.32 Å². The summed E-state index contributed by atoms with van der Waals surface area (Å²) in [6.07, 6.45) is 0. The number of benzene rings is 2. The van der Waals surface area contributed by atoms with E-state index in [1.807, 2.05) is 38.1 Å². The summed E-state index contributed by atoms with van der Waals surface area (Å²) in [6, 6.07) is 10.6. The molecule has 106 valence electrons. The maximum atomic E-state index is 14.2. The van der Waals surface area contributed by atoms with Crippen molar-refractivity contribution < 1.29 is 4.39 Å². The molecule has 2 aromatic rings. The van der Waals surface area contributed by atoms with Gasteiger partial charge in [-0.2, -0.15) is 0 Å². The molecular formula is C16H16BrClFN. The van der Waals surface area contributed by atoms with Gasteiger partial charge in [-0.15, -0.1) is 0 Å². The Morgan fingerprint density at radius 3 is 2.70 bits per heavy atom. The standard InChI is InChI=1S/C16H16BrClFN/c1-3-20-16(11-5-4-6-13(17)15(11)18)12-9-10(2)7-8-14(12)19/h4-9,16,20H,3H2,1-2H3. The van der Waals surface area contributed by atoms with E-state index >= 15 is 0 Å². The van der Waals surface area contributed by atoms with Crippen LogP contribution in [0.25, 0.3) is 0 Å². The van der Waals surface area contributed by atoms with E-state index in [4.69, 9.17) is 11.6 Å². The van der Waals surface area contributed by atoms with Crippen molar-refractivity contribution >= 4 is 27.5 Å². The molecule has 0 aliphatic carbocycles. The van der Waals surface area contributed by atoms with Crippen LogP contribution in [0.2, 0.25) is 5.02 Å². The molecule has 2 aromatic carbocycles. The molecule has 0 aliphatic heterocycles. The van der Waals surface area contributed by atoms with Gasteiger partial charge in [0.1, 0.15) is 5.82 Å². The smallest absolute Gasteiger partial charge is 0.128 e. The second kappa shape index (κ2) is 6.70. The summed E-state index contributed by atoms with van der Waals surface area (Å²) in [4.78, 5) is 0. The first-order chi connectivity index (χ1) is 9.54. The highest BCUT2D eigenvalue weighted by Crippen LogP contribution is 2.34. The Morgan fingerprint density at radius 2 is 2.00 bits per heavy atom. The van der Waals surface area contributed by atoms with E-state index in [0.29, 0.717) is 10.6 Å². The van der Waals surface area contributed by atoms with Gasteiger partial charge in [-0.3, -0.25) is 0 Å². The lowest BCUT2D eigenvalue weighted by atomic mass is 9.96. The molecule has 0 aromatic heterocycles. The van der Waals surface area contributed by atoms with Gasteiger partial charge in [0, 0.05) is 10.0 Å². The molecule has 0 bridgehead atoms. The van der Waals surface area contributed by atoms with Crippen LogP contribution in [0.4, 0.5) is 4.39 Å². The highest BCUT2D eigenvalue weighted by Gasteiger charge is 2.20. The van der Waals surface area contributed by atoms with Crippen LogP contribution in [0.1, 0.15) is 29.7 Å². The Kier molecular flexibility index (Phi) is 5.19. The molecule has 0 saturated heterocycles. The van der Waals surface area contributed by atoms with Crippen LogP contribution >= 0.6 is 27.5 Å². The molecule has 0 fully saturated rings. The monoisotopic (exact) mass is 355 g/mol. The van der Waals surface area contributed by atoms with Gasteiger partial charge in [0.2, 0.25) is 0 Å². The molecule has 2 rings (SSSR count). The van der Waals surface area contributed by atoms with E-state index in [9.17, 15) is 4.39 Å². The quantitative estimate of drug-likeness (QED) is 0.789. The number of aryl methyl sites for hydroxylation is 1. The topological polar surface area (TPSA) is 12.0 Å². The Bertz CT molecular complexity index is 613. The van der Waals surface area contributed by atoms with E-state index < -0.39 is 0 Å². The minimum Gasteiger partial charge on any atom is -0.306 e. The Hall–Kier alpha value is -0.900. The van der Waals surface area contributed by atoms with Crippen molar-refractivity contribution in [2.45, 2.75) is 19.9 Å². The van der Waals surface area contributed by atoms with Crippen molar-refractivity contribution in [3.05, 3.63) is 68.4 Å². The third kappa shape index (κ3) is 3.22. The summed E-state index contributed by atoms with van der Waals surface area (Å²) in [5.74, 6) is -0.224. The summed E-state index contributed by atoms with van der Waals surface area (Å²) in [7, 11) is 0. The van der Waals surface area contributed by atoms with Crippen molar-refractivity contribution in [3.8, 4) is 0 Å². The molecule has 20 heavy (non-hydrogen) atoms. The number of hydrogen-bond donors (Lipinski definition) is 1. The molecule has 1 atom stereocenters. The lowest BCUT2D eigenvalue weighted by molar-refractivity contribution is 0.558. The van der Waals surface area contributed by atoms with Crippen molar-refractivity contribution in [1.82, 2.24) is 5.32 Å². The van der Waals surface area contributed by atoms with E-state index in [1.165, 1.54) is 6.07 Å². The molecule has 1 nitrogen and oxygen atoms in total. The van der Waals surface area contributed by atoms with Crippen molar-refractivity contribution in [1.29, 1.82) is 0 Å². The molecule has 4 heteroatoms. The third-order valence-electron chi connectivity index (χ3n) is 3.16. The van der Waals surface area contributed by atoms with Gasteiger partial charge in [0.05, 0.1) is 11.1 Å². The lowest BCUT2D eigenvalue weighted by Gasteiger charge is -2.21. The van der Waals surface area contributed by atoms with Gasteiger partial charge in [-0.05, 0) is 47.1 Å². The Balaban J connectivity index is 2.56. The van der Waals surface area contributed by atoms with Gasteiger partial charge in [-0.25, -0.2) is 4.39 Å². The highest BCUT2D eigenvalue weighted by molar-refractivity contribution is 9.10. The zero-order valence-electron chi connectivity index (χ0n) is 11.4. The van der Waals surface area contributed by atoms with Gasteiger partial charge in [-0.1, -0.05) is 48.4 Å². The zero-order chi connectivity index (χ0) is 14.7. The average molecular weight is 357 g/mol. The van der Waals surface area contributed by atoms with Crippen LogP contribution in [-0.2, 0) is 0 Å². The van der Waals surface area contributed by atoms with Crippen LogP contribution < -0.4 is 5.32 Å². The summed E-state index contributed by atoms with van der Waals surface area (Å²) in [5.41, 5.74) is 2.51. The second-order valence-electron chi connectivity index (χ2n) is 4.66. The van der Waals surface area contributed by atoms with Crippen LogP contribution in [0.5, 0.6) is 0 Å². The van der Waals surface area contributed by atoms with Crippen molar-refractivity contribution in [3.63, 3.8) is 0 Å². The van der Waals surface area contributed by atoms with E-state index in [1.54, 1.807) is 6.07 Å². The average Bonchev–Trinajstić information content (AvgIpc) is 2.43.